The minimum atomic E-state index is 0.228. The van der Waals surface area contributed by atoms with Crippen molar-refractivity contribution in [1.29, 1.82) is 0 Å². The summed E-state index contributed by atoms with van der Waals surface area (Å²) in [6.45, 7) is 3.88. The van der Waals surface area contributed by atoms with Gasteiger partial charge in [0.1, 0.15) is 0 Å². The molecule has 1 aliphatic heterocycles. The van der Waals surface area contributed by atoms with Gasteiger partial charge in [-0.1, -0.05) is 35.9 Å². The zero-order valence-corrected chi connectivity index (χ0v) is 19.5. The highest BCUT2D eigenvalue weighted by Crippen LogP contribution is 2.40. The van der Waals surface area contributed by atoms with Crippen LogP contribution < -0.4 is 14.8 Å². The van der Waals surface area contributed by atoms with Crippen LogP contribution in [0.1, 0.15) is 28.3 Å². The minimum Gasteiger partial charge on any atom is -0.493 e. The molecule has 1 aromatic heterocycles. The van der Waals surface area contributed by atoms with Gasteiger partial charge in [0.2, 0.25) is 0 Å². The van der Waals surface area contributed by atoms with Gasteiger partial charge in [0.25, 0.3) is 0 Å². The first kappa shape index (κ1) is 21.4. The molecule has 1 aliphatic rings. The van der Waals surface area contributed by atoms with E-state index in [0.29, 0.717) is 0 Å². The number of nitrogens with zero attached hydrogens (tertiary/aromatic N) is 1. The molecule has 4 aromatic rings. The summed E-state index contributed by atoms with van der Waals surface area (Å²) in [5, 5.41) is 4.92. The molecule has 0 fully saturated rings. The predicted octanol–water partition coefficient (Wildman–Crippen LogP) is 5.71. The van der Waals surface area contributed by atoms with E-state index in [4.69, 9.17) is 9.47 Å². The van der Waals surface area contributed by atoms with Gasteiger partial charge in [-0.25, -0.2) is 0 Å². The largest absolute Gasteiger partial charge is 0.493 e. The molecule has 0 spiro atoms. The molecule has 2 N–H and O–H groups in total. The van der Waals surface area contributed by atoms with E-state index in [9.17, 15) is 0 Å². The number of aromatic amines is 1. The number of H-pyrrole nitrogens is 1. The molecule has 5 rings (SSSR count). The number of ether oxygens (including phenoxy) is 2. The van der Waals surface area contributed by atoms with Crippen LogP contribution in [0, 0.1) is 6.92 Å². The van der Waals surface area contributed by atoms with Crippen LogP contribution in [0.4, 0.5) is 5.69 Å². The minimum absolute atomic E-state index is 0.228. The third kappa shape index (κ3) is 4.29. The van der Waals surface area contributed by atoms with Crippen LogP contribution in [-0.2, 0) is 12.8 Å². The van der Waals surface area contributed by atoms with Crippen LogP contribution in [0.25, 0.3) is 10.9 Å². The molecule has 5 nitrogen and oxygen atoms in total. The van der Waals surface area contributed by atoms with Crippen molar-refractivity contribution in [2.45, 2.75) is 25.8 Å². The van der Waals surface area contributed by atoms with E-state index in [1.54, 1.807) is 14.2 Å². The van der Waals surface area contributed by atoms with E-state index in [1.807, 2.05) is 0 Å². The molecular weight excluding hydrogens is 410 g/mol. The summed E-state index contributed by atoms with van der Waals surface area (Å²) < 4.78 is 11.3. The highest BCUT2D eigenvalue weighted by molar-refractivity contribution is 5.83. The zero-order chi connectivity index (χ0) is 22.8. The van der Waals surface area contributed by atoms with Gasteiger partial charge in [-0.2, -0.15) is 0 Å². The quantitative estimate of drug-likeness (QED) is 0.386. The third-order valence-electron chi connectivity index (χ3n) is 6.74. The molecule has 1 atom stereocenters. The summed E-state index contributed by atoms with van der Waals surface area (Å²) in [7, 11) is 3.41. The fourth-order valence-electron chi connectivity index (χ4n) is 4.88. The number of aryl methyl sites for hydroxylation is 1. The summed E-state index contributed by atoms with van der Waals surface area (Å²) in [6, 6.07) is 21.7. The Morgan fingerprint density at radius 3 is 2.55 bits per heavy atom. The van der Waals surface area contributed by atoms with Crippen LogP contribution in [0.2, 0.25) is 0 Å². The van der Waals surface area contributed by atoms with E-state index >= 15 is 0 Å². The molecule has 170 valence electrons. The van der Waals surface area contributed by atoms with Crippen molar-refractivity contribution < 1.29 is 9.47 Å². The number of hydrogen-bond acceptors (Lipinski definition) is 4. The van der Waals surface area contributed by atoms with Crippen molar-refractivity contribution in [3.63, 3.8) is 0 Å². The molecule has 0 saturated heterocycles. The van der Waals surface area contributed by atoms with Crippen LogP contribution in [0.3, 0.4) is 0 Å². The average molecular weight is 442 g/mol. The van der Waals surface area contributed by atoms with Crippen LogP contribution in [0.5, 0.6) is 11.5 Å². The second kappa shape index (κ2) is 9.20. The number of benzene rings is 3. The number of anilines is 1. The fraction of sp³-hybridized carbons (Fsp3) is 0.286. The number of fused-ring (bicyclic) bond motifs is 2. The van der Waals surface area contributed by atoms with Crippen LogP contribution in [0.15, 0.2) is 66.9 Å². The molecule has 3 aromatic carbocycles. The summed E-state index contributed by atoms with van der Waals surface area (Å²) in [6.07, 6.45) is 4.06. The number of hydrogen-bond donors (Lipinski definition) is 2. The Balaban J connectivity index is 1.49. The van der Waals surface area contributed by atoms with Crippen molar-refractivity contribution in [2.75, 3.05) is 32.7 Å². The number of nitrogens with one attached hydrogen (secondary N) is 2. The Bertz CT molecular complexity index is 1250. The van der Waals surface area contributed by atoms with Crippen LogP contribution in [-0.4, -0.2) is 37.3 Å². The lowest BCUT2D eigenvalue weighted by molar-refractivity contribution is 0.196. The SMILES string of the molecule is COc1cc2c(cc1OC)C(Cc1c[nH]c3ccccc13)N(CNc1ccc(C)cc1)CC2. The Labute approximate surface area is 195 Å². The van der Waals surface area contributed by atoms with Gasteiger partial charge >= 0.3 is 0 Å². The van der Waals surface area contributed by atoms with Crippen molar-refractivity contribution in [3.8, 4) is 11.5 Å². The molecule has 0 saturated carbocycles. The second-order valence-electron chi connectivity index (χ2n) is 8.75. The van der Waals surface area contributed by atoms with Crippen LogP contribution >= 0.6 is 0 Å². The molecule has 5 heteroatoms. The number of methoxy groups -OCH3 is 2. The van der Waals surface area contributed by atoms with Gasteiger partial charge in [-0.15, -0.1) is 0 Å². The molecule has 2 heterocycles. The Morgan fingerprint density at radius 1 is 1.00 bits per heavy atom. The maximum Gasteiger partial charge on any atom is 0.161 e. The molecule has 33 heavy (non-hydrogen) atoms. The van der Waals surface area contributed by atoms with Gasteiger partial charge in [0.05, 0.1) is 20.9 Å². The Morgan fingerprint density at radius 2 is 1.76 bits per heavy atom. The van der Waals surface area contributed by atoms with E-state index in [0.717, 1.165) is 43.2 Å². The van der Waals surface area contributed by atoms with Crippen molar-refractivity contribution in [1.82, 2.24) is 9.88 Å². The lowest BCUT2D eigenvalue weighted by Crippen LogP contribution is -2.39. The number of para-hydroxylation sites is 1. The third-order valence-corrected chi connectivity index (χ3v) is 6.74. The highest BCUT2D eigenvalue weighted by atomic mass is 16.5. The highest BCUT2D eigenvalue weighted by Gasteiger charge is 2.30. The first-order chi connectivity index (χ1) is 16.2. The molecule has 0 aliphatic carbocycles. The number of rotatable bonds is 7. The normalized spacial score (nSPS) is 15.9. The average Bonchev–Trinajstić information content (AvgIpc) is 3.26. The molecule has 0 amide bonds. The van der Waals surface area contributed by atoms with Gasteiger partial charge < -0.3 is 19.8 Å². The van der Waals surface area contributed by atoms with Gasteiger partial charge in [-0.05, 0) is 66.8 Å². The van der Waals surface area contributed by atoms with Gasteiger partial charge in [-0.3, -0.25) is 4.90 Å². The topological polar surface area (TPSA) is 49.5 Å². The summed E-state index contributed by atoms with van der Waals surface area (Å²) in [5.41, 5.74) is 7.58. The maximum atomic E-state index is 5.67. The van der Waals surface area contributed by atoms with Gasteiger partial charge in [0.15, 0.2) is 11.5 Å². The van der Waals surface area contributed by atoms with Crippen molar-refractivity contribution in [2.24, 2.45) is 0 Å². The molecule has 1 unspecified atom stereocenters. The van der Waals surface area contributed by atoms with E-state index in [-0.39, 0.29) is 6.04 Å². The predicted molar refractivity (Wildman–Crippen MR) is 134 cm³/mol. The molecule has 0 bridgehead atoms. The Hall–Kier alpha value is -3.44. The zero-order valence-electron chi connectivity index (χ0n) is 19.5. The van der Waals surface area contributed by atoms with Gasteiger partial charge in [0, 0.05) is 35.4 Å². The van der Waals surface area contributed by atoms with E-state index in [2.05, 4.69) is 89.0 Å². The number of aromatic nitrogens is 1. The lowest BCUT2D eigenvalue weighted by atomic mass is 9.88. The monoisotopic (exact) mass is 441 g/mol. The van der Waals surface area contributed by atoms with E-state index < -0.39 is 0 Å². The standard InChI is InChI=1S/C28H31N3O2/c1-19-8-10-22(11-9-19)30-18-31-13-12-20-15-27(32-2)28(33-3)16-24(20)26(31)14-21-17-29-25-7-5-4-6-23(21)25/h4-11,15-17,26,29-30H,12-14,18H2,1-3H3. The molecular formula is C28H31N3O2. The Kier molecular flexibility index (Phi) is 5.97. The maximum absolute atomic E-state index is 5.67. The summed E-state index contributed by atoms with van der Waals surface area (Å²) >= 11 is 0. The van der Waals surface area contributed by atoms with E-state index in [1.165, 1.54) is 33.2 Å². The first-order valence-electron chi connectivity index (χ1n) is 11.5. The summed E-state index contributed by atoms with van der Waals surface area (Å²) in [5.74, 6) is 1.59. The van der Waals surface area contributed by atoms with Crippen molar-refractivity contribution in [3.05, 3.63) is 89.1 Å². The second-order valence-corrected chi connectivity index (χ2v) is 8.75. The fourth-order valence-corrected chi connectivity index (χ4v) is 4.88. The van der Waals surface area contributed by atoms with Crippen molar-refractivity contribution >= 4 is 16.6 Å². The lowest BCUT2D eigenvalue weighted by Gasteiger charge is -2.38. The smallest absolute Gasteiger partial charge is 0.161 e. The first-order valence-corrected chi connectivity index (χ1v) is 11.5. The summed E-state index contributed by atoms with van der Waals surface area (Å²) in [4.78, 5) is 5.98. The molecule has 0 radical (unpaired) electrons.